The Balaban J connectivity index is 2.77. The maximum absolute atomic E-state index is 11.9. The second-order valence-corrected chi connectivity index (χ2v) is 6.07. The summed E-state index contributed by atoms with van der Waals surface area (Å²) in [7, 11) is 0. The molecule has 0 saturated carbocycles. The molecule has 0 aliphatic carbocycles. The Bertz CT molecular complexity index is 555. The fourth-order valence-corrected chi connectivity index (χ4v) is 2.99. The lowest BCUT2D eigenvalue weighted by Crippen LogP contribution is -2.44. The molecule has 1 rings (SSSR count). The van der Waals surface area contributed by atoms with Gasteiger partial charge in [0.25, 0.3) is 0 Å². The molecule has 0 radical (unpaired) electrons. The summed E-state index contributed by atoms with van der Waals surface area (Å²) < 4.78 is 5.82. The number of carbonyl (C=O) groups is 1. The number of likely N-dealkylation sites (N-methyl/N-ethyl adjacent to an activating group) is 1. The van der Waals surface area contributed by atoms with Crippen LogP contribution in [0, 0.1) is 11.3 Å². The molecule has 1 amide bonds. The number of hydrogen-bond donors (Lipinski definition) is 1. The van der Waals surface area contributed by atoms with Gasteiger partial charge < -0.3 is 15.0 Å². The normalized spacial score (nSPS) is 11.2. The Morgan fingerprint density at radius 1 is 1.16 bits per heavy atom. The summed E-state index contributed by atoms with van der Waals surface area (Å²) >= 11 is 0. The number of rotatable bonds is 11. The molecule has 0 fully saturated rings. The molecule has 0 aromatic heterocycles. The van der Waals surface area contributed by atoms with Crippen LogP contribution in [0.5, 0.6) is 5.75 Å². The number of hydrogen-bond acceptors (Lipinski definition) is 4. The monoisotopic (exact) mass is 345 g/mol. The number of benzene rings is 1. The molecule has 5 heteroatoms. The minimum atomic E-state index is -0.437. The predicted molar refractivity (Wildman–Crippen MR) is 100 cm³/mol. The van der Waals surface area contributed by atoms with Crippen molar-refractivity contribution in [1.82, 2.24) is 10.2 Å². The Morgan fingerprint density at radius 3 is 2.24 bits per heavy atom. The molecule has 1 N–H and O–H groups in total. The van der Waals surface area contributed by atoms with Gasteiger partial charge in [-0.3, -0.25) is 4.79 Å². The van der Waals surface area contributed by atoms with E-state index in [1.165, 1.54) is 0 Å². The topological polar surface area (TPSA) is 65.4 Å². The Morgan fingerprint density at radius 2 is 1.76 bits per heavy atom. The summed E-state index contributed by atoms with van der Waals surface area (Å²) in [6, 6.07) is 9.82. The van der Waals surface area contributed by atoms with Crippen LogP contribution in [0.3, 0.4) is 0 Å². The van der Waals surface area contributed by atoms with Crippen LogP contribution in [-0.2, 0) is 10.3 Å². The number of amides is 1. The molecule has 25 heavy (non-hydrogen) atoms. The van der Waals surface area contributed by atoms with Crippen LogP contribution in [0.25, 0.3) is 0 Å². The van der Waals surface area contributed by atoms with Crippen LogP contribution in [0.4, 0.5) is 0 Å². The Kier molecular flexibility index (Phi) is 9.01. The standard InChI is InChI=1S/C20H31N3O2/c1-5-20(6-2,22-19(24)13-14-21)17-9-11-18(12-10-17)25-16-15-23(7-3)8-4/h9-12H,5-8,13,15-16H2,1-4H3,(H,22,24). The number of nitrogens with zero attached hydrogens (tertiary/aromatic N) is 2. The lowest BCUT2D eigenvalue weighted by Gasteiger charge is -2.33. The van der Waals surface area contributed by atoms with Gasteiger partial charge in [0.15, 0.2) is 0 Å². The van der Waals surface area contributed by atoms with Crippen molar-refractivity contribution in [3.8, 4) is 11.8 Å². The lowest BCUT2D eigenvalue weighted by molar-refractivity contribution is -0.122. The molecule has 5 nitrogen and oxygen atoms in total. The molecule has 0 spiro atoms. The molecule has 0 atom stereocenters. The van der Waals surface area contributed by atoms with Crippen molar-refractivity contribution < 1.29 is 9.53 Å². The van der Waals surface area contributed by atoms with Gasteiger partial charge >= 0.3 is 0 Å². The number of nitrogens with one attached hydrogen (secondary N) is 1. The number of nitriles is 1. The summed E-state index contributed by atoms with van der Waals surface area (Å²) in [5.74, 6) is 0.603. The zero-order valence-electron chi connectivity index (χ0n) is 16.0. The summed E-state index contributed by atoms with van der Waals surface area (Å²) in [6.07, 6.45) is 1.42. The van der Waals surface area contributed by atoms with Crippen molar-refractivity contribution in [3.05, 3.63) is 29.8 Å². The first-order chi connectivity index (χ1) is 12.0. The van der Waals surface area contributed by atoms with E-state index in [0.717, 1.165) is 43.8 Å². The molecule has 0 saturated heterocycles. The summed E-state index contributed by atoms with van der Waals surface area (Å²) in [5, 5.41) is 11.7. The van der Waals surface area contributed by atoms with E-state index in [1.54, 1.807) is 0 Å². The molecule has 1 aromatic rings. The van der Waals surface area contributed by atoms with E-state index in [1.807, 2.05) is 44.2 Å². The van der Waals surface area contributed by atoms with E-state index in [9.17, 15) is 4.79 Å². The van der Waals surface area contributed by atoms with Crippen LogP contribution >= 0.6 is 0 Å². The van der Waals surface area contributed by atoms with Gasteiger partial charge in [-0.1, -0.05) is 39.8 Å². The van der Waals surface area contributed by atoms with Crippen LogP contribution in [-0.4, -0.2) is 37.0 Å². The highest BCUT2D eigenvalue weighted by Crippen LogP contribution is 2.30. The van der Waals surface area contributed by atoms with Gasteiger partial charge in [-0.15, -0.1) is 0 Å². The van der Waals surface area contributed by atoms with E-state index in [0.29, 0.717) is 6.61 Å². The molecule has 0 unspecified atom stereocenters. The van der Waals surface area contributed by atoms with Gasteiger partial charge in [0.05, 0.1) is 11.6 Å². The number of carbonyl (C=O) groups excluding carboxylic acids is 1. The molecule has 0 heterocycles. The zero-order valence-corrected chi connectivity index (χ0v) is 16.0. The minimum absolute atomic E-state index is 0.117. The highest BCUT2D eigenvalue weighted by Gasteiger charge is 2.30. The average molecular weight is 345 g/mol. The summed E-state index contributed by atoms with van der Waals surface area (Å²) in [6.45, 7) is 12.0. The minimum Gasteiger partial charge on any atom is -0.492 e. The van der Waals surface area contributed by atoms with E-state index >= 15 is 0 Å². The highest BCUT2D eigenvalue weighted by molar-refractivity contribution is 5.79. The largest absolute Gasteiger partial charge is 0.492 e. The quantitative estimate of drug-likeness (QED) is 0.667. The molecule has 0 bridgehead atoms. The average Bonchev–Trinajstić information content (AvgIpc) is 2.64. The van der Waals surface area contributed by atoms with E-state index in [4.69, 9.17) is 10.00 Å². The van der Waals surface area contributed by atoms with Gasteiger partial charge in [0, 0.05) is 6.54 Å². The van der Waals surface area contributed by atoms with E-state index in [2.05, 4.69) is 24.1 Å². The molecular formula is C20H31N3O2. The molecule has 1 aromatic carbocycles. The van der Waals surface area contributed by atoms with Crippen molar-refractivity contribution in [3.63, 3.8) is 0 Å². The molecule has 0 aliphatic heterocycles. The second-order valence-electron chi connectivity index (χ2n) is 6.07. The molecule has 0 aliphatic rings. The predicted octanol–water partition coefficient (Wildman–Crippen LogP) is 3.45. The third-order valence-electron chi connectivity index (χ3n) is 4.80. The highest BCUT2D eigenvalue weighted by atomic mass is 16.5. The summed E-state index contributed by atoms with van der Waals surface area (Å²) in [4.78, 5) is 14.2. The van der Waals surface area contributed by atoms with E-state index in [-0.39, 0.29) is 12.3 Å². The van der Waals surface area contributed by atoms with Crippen molar-refractivity contribution in [2.45, 2.75) is 52.5 Å². The van der Waals surface area contributed by atoms with Crippen molar-refractivity contribution in [1.29, 1.82) is 5.26 Å². The fourth-order valence-electron chi connectivity index (χ4n) is 2.99. The van der Waals surface area contributed by atoms with Crippen LogP contribution in [0.1, 0.15) is 52.5 Å². The molecular weight excluding hydrogens is 314 g/mol. The van der Waals surface area contributed by atoms with Gasteiger partial charge in [0.1, 0.15) is 18.8 Å². The van der Waals surface area contributed by atoms with Gasteiger partial charge in [-0.05, 0) is 43.6 Å². The molecule has 138 valence electrons. The van der Waals surface area contributed by atoms with Gasteiger partial charge in [0.2, 0.25) is 5.91 Å². The Hall–Kier alpha value is -2.06. The number of ether oxygens (including phenoxy) is 1. The Labute approximate surface area is 152 Å². The van der Waals surface area contributed by atoms with Crippen molar-refractivity contribution in [2.24, 2.45) is 0 Å². The lowest BCUT2D eigenvalue weighted by atomic mass is 9.84. The van der Waals surface area contributed by atoms with Crippen molar-refractivity contribution in [2.75, 3.05) is 26.2 Å². The van der Waals surface area contributed by atoms with Crippen LogP contribution in [0.15, 0.2) is 24.3 Å². The summed E-state index contributed by atoms with van der Waals surface area (Å²) in [5.41, 5.74) is 0.605. The maximum atomic E-state index is 11.9. The van der Waals surface area contributed by atoms with Crippen molar-refractivity contribution >= 4 is 5.91 Å². The van der Waals surface area contributed by atoms with E-state index < -0.39 is 5.54 Å². The van der Waals surface area contributed by atoms with Gasteiger partial charge in [-0.2, -0.15) is 5.26 Å². The first kappa shape index (κ1) is 21.0. The van der Waals surface area contributed by atoms with Crippen LogP contribution in [0.2, 0.25) is 0 Å². The third kappa shape index (κ3) is 6.06. The smallest absolute Gasteiger partial charge is 0.234 e. The fraction of sp³-hybridized carbons (Fsp3) is 0.600. The first-order valence-electron chi connectivity index (χ1n) is 9.18. The maximum Gasteiger partial charge on any atom is 0.234 e. The van der Waals surface area contributed by atoms with Gasteiger partial charge in [-0.25, -0.2) is 0 Å². The second kappa shape index (κ2) is 10.7. The zero-order chi connectivity index (χ0) is 18.7. The SMILES string of the molecule is CCN(CC)CCOc1ccc(C(CC)(CC)NC(=O)CC#N)cc1. The first-order valence-corrected chi connectivity index (χ1v) is 9.18. The third-order valence-corrected chi connectivity index (χ3v) is 4.80. The van der Waals surface area contributed by atoms with Crippen LogP contribution < -0.4 is 10.1 Å².